The Hall–Kier alpha value is -1.59. The minimum atomic E-state index is -0.557. The Kier molecular flexibility index (Phi) is 7.74. The first-order chi connectivity index (χ1) is 8.49. The summed E-state index contributed by atoms with van der Waals surface area (Å²) in [5, 5.41) is 0. The first-order valence-electron chi connectivity index (χ1n) is 5.92. The van der Waals surface area contributed by atoms with Crippen molar-refractivity contribution in [2.45, 2.75) is 26.7 Å². The predicted octanol–water partition coefficient (Wildman–Crippen LogP) is 0.597. The summed E-state index contributed by atoms with van der Waals surface area (Å²) < 4.78 is 9.02. The molecule has 0 aliphatic heterocycles. The average Bonchev–Trinajstić information content (AvgIpc) is 2.38. The average molecular weight is 259 g/mol. The summed E-state index contributed by atoms with van der Waals surface area (Å²) in [7, 11) is 2.47. The van der Waals surface area contributed by atoms with Crippen molar-refractivity contribution in [2.75, 3.05) is 27.3 Å². The standard InChI is InChI=1S/C12H21NO5/c1-5-9(6-2)12(16)13(7-10(14)17-3)8-11(15)18-4/h9H,5-8H2,1-4H3. The first-order valence-corrected chi connectivity index (χ1v) is 5.92. The summed E-state index contributed by atoms with van der Waals surface area (Å²) in [5.74, 6) is -1.54. The number of esters is 2. The van der Waals surface area contributed by atoms with Crippen LogP contribution in [0, 0.1) is 5.92 Å². The number of nitrogens with zero attached hydrogens (tertiary/aromatic N) is 1. The van der Waals surface area contributed by atoms with E-state index in [1.807, 2.05) is 13.8 Å². The van der Waals surface area contributed by atoms with E-state index in [1.54, 1.807) is 0 Å². The van der Waals surface area contributed by atoms with Crippen LogP contribution in [0.1, 0.15) is 26.7 Å². The number of amides is 1. The third kappa shape index (κ3) is 5.16. The number of hydrogen-bond donors (Lipinski definition) is 0. The molecule has 1 amide bonds. The van der Waals surface area contributed by atoms with Gasteiger partial charge in [0.15, 0.2) is 0 Å². The second kappa shape index (κ2) is 8.49. The van der Waals surface area contributed by atoms with E-state index in [2.05, 4.69) is 9.47 Å². The Morgan fingerprint density at radius 3 is 1.61 bits per heavy atom. The van der Waals surface area contributed by atoms with Gasteiger partial charge >= 0.3 is 11.9 Å². The second-order valence-corrected chi connectivity index (χ2v) is 3.86. The molecule has 0 atom stereocenters. The molecular formula is C12H21NO5. The summed E-state index contributed by atoms with van der Waals surface area (Å²) in [4.78, 5) is 35.7. The number of rotatable bonds is 7. The highest BCUT2D eigenvalue weighted by molar-refractivity contribution is 5.87. The van der Waals surface area contributed by atoms with Crippen molar-refractivity contribution in [1.29, 1.82) is 0 Å². The van der Waals surface area contributed by atoms with Crippen molar-refractivity contribution in [2.24, 2.45) is 5.92 Å². The van der Waals surface area contributed by atoms with E-state index in [1.165, 1.54) is 19.1 Å². The van der Waals surface area contributed by atoms with Crippen LogP contribution in [0.4, 0.5) is 0 Å². The number of carbonyl (C=O) groups excluding carboxylic acids is 3. The van der Waals surface area contributed by atoms with Crippen LogP contribution in [-0.4, -0.2) is 50.1 Å². The van der Waals surface area contributed by atoms with Gasteiger partial charge < -0.3 is 14.4 Å². The summed E-state index contributed by atoms with van der Waals surface area (Å²) in [6.45, 7) is 3.31. The monoisotopic (exact) mass is 259 g/mol. The van der Waals surface area contributed by atoms with Crippen LogP contribution in [0.3, 0.4) is 0 Å². The molecule has 0 aromatic carbocycles. The molecule has 18 heavy (non-hydrogen) atoms. The molecule has 0 aliphatic carbocycles. The van der Waals surface area contributed by atoms with Crippen LogP contribution >= 0.6 is 0 Å². The maximum absolute atomic E-state index is 12.1. The molecule has 0 aromatic rings. The van der Waals surface area contributed by atoms with Crippen molar-refractivity contribution >= 4 is 17.8 Å². The van der Waals surface area contributed by atoms with Gasteiger partial charge in [-0.1, -0.05) is 13.8 Å². The van der Waals surface area contributed by atoms with E-state index in [0.717, 1.165) is 0 Å². The van der Waals surface area contributed by atoms with Gasteiger partial charge in [-0.2, -0.15) is 0 Å². The van der Waals surface area contributed by atoms with Gasteiger partial charge in [-0.05, 0) is 12.8 Å². The van der Waals surface area contributed by atoms with Gasteiger partial charge in [0.2, 0.25) is 5.91 Å². The highest BCUT2D eigenvalue weighted by atomic mass is 16.5. The van der Waals surface area contributed by atoms with Gasteiger partial charge in [-0.25, -0.2) is 0 Å². The van der Waals surface area contributed by atoms with Gasteiger partial charge in [0, 0.05) is 5.92 Å². The van der Waals surface area contributed by atoms with E-state index in [9.17, 15) is 14.4 Å². The predicted molar refractivity (Wildman–Crippen MR) is 64.7 cm³/mol. The molecular weight excluding hydrogens is 238 g/mol. The third-order valence-electron chi connectivity index (χ3n) is 2.74. The summed E-state index contributed by atoms with van der Waals surface area (Å²) in [6, 6.07) is 0. The maximum atomic E-state index is 12.1. The normalized spacial score (nSPS) is 10.1. The number of hydrogen-bond acceptors (Lipinski definition) is 5. The number of methoxy groups -OCH3 is 2. The molecule has 0 heterocycles. The van der Waals surface area contributed by atoms with E-state index in [-0.39, 0.29) is 24.9 Å². The Morgan fingerprint density at radius 2 is 1.33 bits per heavy atom. The van der Waals surface area contributed by atoms with Crippen molar-refractivity contribution in [1.82, 2.24) is 4.90 Å². The fraction of sp³-hybridized carbons (Fsp3) is 0.750. The van der Waals surface area contributed by atoms with Gasteiger partial charge in [-0.3, -0.25) is 14.4 Å². The van der Waals surface area contributed by atoms with Gasteiger partial charge in [-0.15, -0.1) is 0 Å². The summed E-state index contributed by atoms with van der Waals surface area (Å²) in [5.41, 5.74) is 0. The maximum Gasteiger partial charge on any atom is 0.325 e. The molecule has 0 rings (SSSR count). The molecule has 0 aliphatic rings. The van der Waals surface area contributed by atoms with E-state index >= 15 is 0 Å². The molecule has 0 radical (unpaired) electrons. The van der Waals surface area contributed by atoms with Gasteiger partial charge in [0.1, 0.15) is 13.1 Å². The zero-order valence-electron chi connectivity index (χ0n) is 11.4. The lowest BCUT2D eigenvalue weighted by atomic mass is 10.0. The molecule has 0 N–H and O–H groups in total. The Balaban J connectivity index is 4.78. The van der Waals surface area contributed by atoms with E-state index < -0.39 is 11.9 Å². The summed E-state index contributed by atoms with van der Waals surface area (Å²) >= 11 is 0. The SMILES string of the molecule is CCC(CC)C(=O)N(CC(=O)OC)CC(=O)OC. The Morgan fingerprint density at radius 1 is 0.944 bits per heavy atom. The van der Waals surface area contributed by atoms with E-state index in [4.69, 9.17) is 0 Å². The van der Waals surface area contributed by atoms with E-state index in [0.29, 0.717) is 12.8 Å². The molecule has 6 heteroatoms. The molecule has 104 valence electrons. The molecule has 6 nitrogen and oxygen atoms in total. The Bertz CT molecular complexity index is 281. The lowest BCUT2D eigenvalue weighted by Crippen LogP contribution is -2.43. The topological polar surface area (TPSA) is 72.9 Å². The van der Waals surface area contributed by atoms with Gasteiger partial charge in [0.05, 0.1) is 14.2 Å². The molecule has 0 aromatic heterocycles. The van der Waals surface area contributed by atoms with Crippen LogP contribution in [0.5, 0.6) is 0 Å². The van der Waals surface area contributed by atoms with Crippen molar-refractivity contribution in [3.63, 3.8) is 0 Å². The highest BCUT2D eigenvalue weighted by Gasteiger charge is 2.25. The molecule has 0 saturated carbocycles. The smallest absolute Gasteiger partial charge is 0.325 e. The first kappa shape index (κ1) is 16.4. The minimum absolute atomic E-state index is 0.195. The van der Waals surface area contributed by atoms with Crippen LogP contribution in [-0.2, 0) is 23.9 Å². The third-order valence-corrected chi connectivity index (χ3v) is 2.74. The lowest BCUT2D eigenvalue weighted by Gasteiger charge is -2.24. The molecule has 0 spiro atoms. The van der Waals surface area contributed by atoms with Crippen LogP contribution in [0.15, 0.2) is 0 Å². The highest BCUT2D eigenvalue weighted by Crippen LogP contribution is 2.12. The minimum Gasteiger partial charge on any atom is -0.468 e. The fourth-order valence-corrected chi connectivity index (χ4v) is 1.55. The van der Waals surface area contributed by atoms with Crippen molar-refractivity contribution in [3.8, 4) is 0 Å². The molecule has 0 fully saturated rings. The number of carbonyl (C=O) groups is 3. The zero-order chi connectivity index (χ0) is 14.1. The quantitative estimate of drug-likeness (QED) is 0.626. The molecule has 0 saturated heterocycles. The zero-order valence-corrected chi connectivity index (χ0v) is 11.4. The van der Waals surface area contributed by atoms with Crippen LogP contribution in [0.2, 0.25) is 0 Å². The number of ether oxygens (including phenoxy) is 2. The second-order valence-electron chi connectivity index (χ2n) is 3.86. The largest absolute Gasteiger partial charge is 0.468 e. The van der Waals surface area contributed by atoms with Crippen molar-refractivity contribution < 1.29 is 23.9 Å². The summed E-state index contributed by atoms with van der Waals surface area (Å²) in [6.07, 6.45) is 1.32. The Labute approximate surface area is 107 Å². The fourth-order valence-electron chi connectivity index (χ4n) is 1.55. The van der Waals surface area contributed by atoms with Crippen molar-refractivity contribution in [3.05, 3.63) is 0 Å². The van der Waals surface area contributed by atoms with Crippen LogP contribution in [0.25, 0.3) is 0 Å². The van der Waals surface area contributed by atoms with Gasteiger partial charge in [0.25, 0.3) is 0 Å². The van der Waals surface area contributed by atoms with Crippen LogP contribution < -0.4 is 0 Å². The molecule has 0 unspecified atom stereocenters. The lowest BCUT2D eigenvalue weighted by molar-refractivity contribution is -0.153. The molecule has 0 bridgehead atoms.